The maximum Gasteiger partial charge on any atom is 0.137 e. The van der Waals surface area contributed by atoms with Gasteiger partial charge in [-0.25, -0.2) is 9.37 Å². The second kappa shape index (κ2) is 5.43. The van der Waals surface area contributed by atoms with Crippen LogP contribution in [0.15, 0.2) is 54.9 Å². The van der Waals surface area contributed by atoms with Crippen LogP contribution >= 0.6 is 0 Å². The fraction of sp³-hybridized carbons (Fsp3) is 0.188. The minimum absolute atomic E-state index is 0.0546. The highest BCUT2D eigenvalue weighted by molar-refractivity contribution is 5.39. The highest BCUT2D eigenvalue weighted by atomic mass is 19.1. The molecular weight excluding hydrogens is 253 g/mol. The lowest BCUT2D eigenvalue weighted by Gasteiger charge is -2.13. The fourth-order valence-electron chi connectivity index (χ4n) is 2.27. The number of rotatable bonds is 4. The van der Waals surface area contributed by atoms with Crippen LogP contribution in [-0.2, 0) is 6.54 Å². The summed E-state index contributed by atoms with van der Waals surface area (Å²) >= 11 is 0. The van der Waals surface area contributed by atoms with Crippen molar-refractivity contribution >= 4 is 5.65 Å². The lowest BCUT2D eigenvalue weighted by molar-refractivity contribution is 0.525. The van der Waals surface area contributed by atoms with E-state index in [0.29, 0.717) is 12.1 Å². The first-order chi connectivity index (χ1) is 9.74. The van der Waals surface area contributed by atoms with Gasteiger partial charge in [0, 0.05) is 30.5 Å². The van der Waals surface area contributed by atoms with E-state index in [1.807, 2.05) is 48.0 Å². The zero-order valence-electron chi connectivity index (χ0n) is 11.3. The number of aromatic nitrogens is 2. The number of nitrogens with zero attached hydrogens (tertiary/aromatic N) is 2. The van der Waals surface area contributed by atoms with Gasteiger partial charge in [-0.05, 0) is 25.1 Å². The molecule has 1 atom stereocenters. The van der Waals surface area contributed by atoms with Crippen LogP contribution in [-0.4, -0.2) is 9.38 Å². The average molecular weight is 269 g/mol. The summed E-state index contributed by atoms with van der Waals surface area (Å²) in [4.78, 5) is 4.51. The van der Waals surface area contributed by atoms with Gasteiger partial charge >= 0.3 is 0 Å². The SMILES string of the molecule is CC(NCc1cn2ccccc2n1)c1ccccc1F. The summed E-state index contributed by atoms with van der Waals surface area (Å²) in [6.07, 6.45) is 3.95. The van der Waals surface area contributed by atoms with Crippen LogP contribution in [0.25, 0.3) is 5.65 Å². The smallest absolute Gasteiger partial charge is 0.137 e. The number of halogens is 1. The second-order valence-electron chi connectivity index (χ2n) is 4.82. The first-order valence-corrected chi connectivity index (χ1v) is 6.64. The van der Waals surface area contributed by atoms with E-state index >= 15 is 0 Å². The van der Waals surface area contributed by atoms with Crippen molar-refractivity contribution < 1.29 is 4.39 Å². The number of imidazole rings is 1. The lowest BCUT2D eigenvalue weighted by Crippen LogP contribution is -2.19. The molecule has 1 N–H and O–H groups in total. The van der Waals surface area contributed by atoms with Crippen LogP contribution in [0.5, 0.6) is 0 Å². The molecule has 0 spiro atoms. The van der Waals surface area contributed by atoms with Crippen LogP contribution in [0.1, 0.15) is 24.2 Å². The number of hydrogen-bond acceptors (Lipinski definition) is 2. The number of benzene rings is 1. The average Bonchev–Trinajstić information content (AvgIpc) is 2.88. The molecule has 0 saturated heterocycles. The molecule has 0 radical (unpaired) electrons. The Morgan fingerprint density at radius 1 is 1.20 bits per heavy atom. The topological polar surface area (TPSA) is 29.3 Å². The lowest BCUT2D eigenvalue weighted by atomic mass is 10.1. The minimum atomic E-state index is -0.178. The van der Waals surface area contributed by atoms with Crippen molar-refractivity contribution in [3.63, 3.8) is 0 Å². The van der Waals surface area contributed by atoms with Crippen LogP contribution in [0.3, 0.4) is 0 Å². The van der Waals surface area contributed by atoms with E-state index in [4.69, 9.17) is 0 Å². The second-order valence-corrected chi connectivity index (χ2v) is 4.82. The number of nitrogens with one attached hydrogen (secondary N) is 1. The molecule has 3 aromatic rings. The van der Waals surface area contributed by atoms with Gasteiger partial charge in [-0.15, -0.1) is 0 Å². The molecule has 1 unspecified atom stereocenters. The van der Waals surface area contributed by atoms with Gasteiger partial charge in [-0.3, -0.25) is 0 Å². The summed E-state index contributed by atoms with van der Waals surface area (Å²) in [6, 6.07) is 12.7. The van der Waals surface area contributed by atoms with Crippen molar-refractivity contribution in [3.8, 4) is 0 Å². The number of hydrogen-bond donors (Lipinski definition) is 1. The van der Waals surface area contributed by atoms with E-state index in [-0.39, 0.29) is 11.9 Å². The first-order valence-electron chi connectivity index (χ1n) is 6.64. The molecule has 2 heterocycles. The zero-order valence-corrected chi connectivity index (χ0v) is 11.3. The van der Waals surface area contributed by atoms with Gasteiger partial charge in [-0.1, -0.05) is 24.3 Å². The van der Waals surface area contributed by atoms with Crippen molar-refractivity contribution in [1.29, 1.82) is 0 Å². The van der Waals surface area contributed by atoms with E-state index in [1.165, 1.54) is 6.07 Å². The molecule has 0 aliphatic carbocycles. The summed E-state index contributed by atoms with van der Waals surface area (Å²) in [5.41, 5.74) is 2.54. The molecule has 4 heteroatoms. The van der Waals surface area contributed by atoms with Gasteiger partial charge in [-0.2, -0.15) is 0 Å². The molecule has 0 fully saturated rings. The third-order valence-corrected chi connectivity index (χ3v) is 3.37. The molecule has 0 aliphatic rings. The van der Waals surface area contributed by atoms with E-state index in [2.05, 4.69) is 10.3 Å². The largest absolute Gasteiger partial charge is 0.307 e. The summed E-state index contributed by atoms with van der Waals surface area (Å²) in [7, 11) is 0. The monoisotopic (exact) mass is 269 g/mol. The van der Waals surface area contributed by atoms with E-state index in [1.54, 1.807) is 12.1 Å². The van der Waals surface area contributed by atoms with E-state index < -0.39 is 0 Å². The van der Waals surface area contributed by atoms with Gasteiger partial charge < -0.3 is 9.72 Å². The highest BCUT2D eigenvalue weighted by Gasteiger charge is 2.10. The Hall–Kier alpha value is -2.20. The Morgan fingerprint density at radius 3 is 2.80 bits per heavy atom. The van der Waals surface area contributed by atoms with Gasteiger partial charge in [0.1, 0.15) is 11.5 Å². The number of fused-ring (bicyclic) bond motifs is 1. The number of pyridine rings is 1. The van der Waals surface area contributed by atoms with Gasteiger partial charge in [0.25, 0.3) is 0 Å². The summed E-state index contributed by atoms with van der Waals surface area (Å²) in [6.45, 7) is 2.56. The molecule has 1 aromatic carbocycles. The summed E-state index contributed by atoms with van der Waals surface area (Å²) in [5.74, 6) is -0.178. The Labute approximate surface area is 117 Å². The predicted molar refractivity (Wildman–Crippen MR) is 76.8 cm³/mol. The van der Waals surface area contributed by atoms with Gasteiger partial charge in [0.15, 0.2) is 0 Å². The first kappa shape index (κ1) is 12.8. The van der Waals surface area contributed by atoms with Crippen molar-refractivity contribution in [2.45, 2.75) is 19.5 Å². The zero-order chi connectivity index (χ0) is 13.9. The van der Waals surface area contributed by atoms with Crippen molar-refractivity contribution in [2.75, 3.05) is 0 Å². The van der Waals surface area contributed by atoms with E-state index in [0.717, 1.165) is 11.3 Å². The minimum Gasteiger partial charge on any atom is -0.307 e. The molecule has 20 heavy (non-hydrogen) atoms. The van der Waals surface area contributed by atoms with Crippen LogP contribution in [0.2, 0.25) is 0 Å². The Bertz CT molecular complexity index is 687. The molecule has 0 amide bonds. The normalized spacial score (nSPS) is 12.7. The molecule has 3 nitrogen and oxygen atoms in total. The van der Waals surface area contributed by atoms with Crippen LogP contribution in [0.4, 0.5) is 4.39 Å². The standard InChI is InChI=1S/C16H16FN3/c1-12(14-6-2-3-7-15(14)17)18-10-13-11-20-9-5-4-8-16(20)19-13/h2-9,11-12,18H,10H2,1H3. The molecule has 0 bridgehead atoms. The van der Waals surface area contributed by atoms with Crippen LogP contribution in [0, 0.1) is 5.82 Å². The quantitative estimate of drug-likeness (QED) is 0.787. The van der Waals surface area contributed by atoms with Gasteiger partial charge in [0.05, 0.1) is 5.69 Å². The molecule has 0 saturated carbocycles. The maximum absolute atomic E-state index is 13.7. The third-order valence-electron chi connectivity index (χ3n) is 3.37. The fourth-order valence-corrected chi connectivity index (χ4v) is 2.27. The Kier molecular flexibility index (Phi) is 3.48. The third kappa shape index (κ3) is 2.56. The Morgan fingerprint density at radius 2 is 2.00 bits per heavy atom. The highest BCUT2D eigenvalue weighted by Crippen LogP contribution is 2.16. The summed E-state index contributed by atoms with van der Waals surface area (Å²) < 4.78 is 15.7. The molecule has 2 aromatic heterocycles. The molecule has 102 valence electrons. The summed E-state index contributed by atoms with van der Waals surface area (Å²) in [5, 5.41) is 3.30. The maximum atomic E-state index is 13.7. The van der Waals surface area contributed by atoms with Crippen molar-refractivity contribution in [1.82, 2.24) is 14.7 Å². The predicted octanol–water partition coefficient (Wildman–Crippen LogP) is 3.32. The van der Waals surface area contributed by atoms with E-state index in [9.17, 15) is 4.39 Å². The van der Waals surface area contributed by atoms with Crippen molar-refractivity contribution in [2.24, 2.45) is 0 Å². The van der Waals surface area contributed by atoms with Crippen LogP contribution < -0.4 is 5.32 Å². The van der Waals surface area contributed by atoms with Crippen molar-refractivity contribution in [3.05, 3.63) is 71.9 Å². The Balaban J connectivity index is 1.71. The van der Waals surface area contributed by atoms with Gasteiger partial charge in [0.2, 0.25) is 0 Å². The molecule has 0 aliphatic heterocycles. The molecular formula is C16H16FN3. The molecule has 3 rings (SSSR count).